The van der Waals surface area contributed by atoms with Crippen LogP contribution in [0.4, 0.5) is 18.9 Å². The third-order valence-electron chi connectivity index (χ3n) is 11.8. The predicted octanol–water partition coefficient (Wildman–Crippen LogP) is 14.0. The van der Waals surface area contributed by atoms with Crippen molar-refractivity contribution in [3.8, 4) is 11.5 Å². The van der Waals surface area contributed by atoms with Crippen LogP contribution in [0.25, 0.3) is 0 Å². The first-order valence-electron chi connectivity index (χ1n) is 21.5. The molecule has 0 spiro atoms. The van der Waals surface area contributed by atoms with Crippen LogP contribution in [0.2, 0.25) is 0 Å². The fourth-order valence-electron chi connectivity index (χ4n) is 8.33. The van der Waals surface area contributed by atoms with Crippen molar-refractivity contribution in [2.24, 2.45) is 0 Å². The standard InChI is InChI=1S/C46H70F3NO3/c1-5-7-9-11-13-15-17-19-21-31-44(3)33-29-39-40-30-34-45(4,32-22-20-18-16-14-12-10-8-6-2)53-42(40)37(35-41(39)52-44)26-23-36-24-27-38(28-25-36)50-43(51)46(47,48)49/h24-25,27-28,35H,5-23,26,29-34H2,1-4H3,(H,50,51). The number of alkyl halides is 3. The molecular formula is C46H70F3NO3. The number of hydrogen-bond acceptors (Lipinski definition) is 3. The van der Waals surface area contributed by atoms with Crippen LogP contribution in [0.15, 0.2) is 30.3 Å². The van der Waals surface area contributed by atoms with Crippen LogP contribution in [0, 0.1) is 0 Å². The van der Waals surface area contributed by atoms with Crippen molar-refractivity contribution >= 4 is 11.6 Å². The second kappa shape index (κ2) is 21.4. The summed E-state index contributed by atoms with van der Waals surface area (Å²) in [4.78, 5) is 11.4. The van der Waals surface area contributed by atoms with Gasteiger partial charge >= 0.3 is 12.1 Å². The summed E-state index contributed by atoms with van der Waals surface area (Å²) in [6.07, 6.45) is 26.3. The maximum Gasteiger partial charge on any atom is 0.471 e. The maximum absolute atomic E-state index is 12.8. The Morgan fingerprint density at radius 2 is 1.13 bits per heavy atom. The molecule has 53 heavy (non-hydrogen) atoms. The maximum atomic E-state index is 12.8. The average molecular weight is 742 g/mol. The molecular weight excluding hydrogens is 672 g/mol. The van der Waals surface area contributed by atoms with E-state index >= 15 is 0 Å². The third kappa shape index (κ3) is 14.1. The third-order valence-corrected chi connectivity index (χ3v) is 11.8. The molecule has 7 heteroatoms. The van der Waals surface area contributed by atoms with Gasteiger partial charge in [-0.15, -0.1) is 0 Å². The lowest BCUT2D eigenvalue weighted by molar-refractivity contribution is -0.167. The molecule has 4 nitrogen and oxygen atoms in total. The largest absolute Gasteiger partial charge is 0.487 e. The summed E-state index contributed by atoms with van der Waals surface area (Å²) in [5.41, 5.74) is 4.55. The Balaban J connectivity index is 1.41. The molecule has 0 fully saturated rings. The van der Waals surface area contributed by atoms with Gasteiger partial charge in [-0.25, -0.2) is 0 Å². The first-order valence-corrected chi connectivity index (χ1v) is 21.5. The number of ether oxygens (including phenoxy) is 2. The summed E-state index contributed by atoms with van der Waals surface area (Å²) in [5.74, 6) is 0.0896. The van der Waals surface area contributed by atoms with E-state index in [9.17, 15) is 18.0 Å². The molecule has 0 bridgehead atoms. The molecule has 2 atom stereocenters. The van der Waals surface area contributed by atoms with E-state index in [1.807, 2.05) is 5.32 Å². The monoisotopic (exact) mass is 742 g/mol. The van der Waals surface area contributed by atoms with Gasteiger partial charge in [0, 0.05) is 16.8 Å². The molecule has 2 aromatic carbocycles. The number of nitrogens with one attached hydrogen (secondary N) is 1. The van der Waals surface area contributed by atoms with Crippen LogP contribution in [0.1, 0.15) is 191 Å². The number of halogens is 3. The van der Waals surface area contributed by atoms with Gasteiger partial charge in [0.05, 0.1) is 0 Å². The van der Waals surface area contributed by atoms with Crippen molar-refractivity contribution in [1.82, 2.24) is 0 Å². The van der Waals surface area contributed by atoms with Gasteiger partial charge in [-0.05, 0) is 107 Å². The lowest BCUT2D eigenvalue weighted by Gasteiger charge is -2.42. The van der Waals surface area contributed by atoms with Gasteiger partial charge in [-0.2, -0.15) is 13.2 Å². The number of aryl methyl sites for hydroxylation is 2. The van der Waals surface area contributed by atoms with Crippen LogP contribution >= 0.6 is 0 Å². The second-order valence-corrected chi connectivity index (χ2v) is 16.7. The molecule has 1 N–H and O–H groups in total. The molecule has 2 heterocycles. The number of benzene rings is 2. The van der Waals surface area contributed by atoms with E-state index < -0.39 is 12.1 Å². The number of carbonyl (C=O) groups excluding carboxylic acids is 1. The molecule has 2 aliphatic heterocycles. The Hall–Kier alpha value is -2.70. The highest BCUT2D eigenvalue weighted by molar-refractivity contribution is 5.94. The fourth-order valence-corrected chi connectivity index (χ4v) is 8.33. The van der Waals surface area contributed by atoms with Crippen molar-refractivity contribution in [2.75, 3.05) is 5.32 Å². The topological polar surface area (TPSA) is 47.6 Å². The van der Waals surface area contributed by atoms with Crippen molar-refractivity contribution in [3.63, 3.8) is 0 Å². The molecule has 2 aliphatic rings. The Morgan fingerprint density at radius 1 is 0.660 bits per heavy atom. The number of unbranched alkanes of at least 4 members (excludes halogenated alkanes) is 16. The van der Waals surface area contributed by atoms with Crippen LogP contribution in [0.5, 0.6) is 11.5 Å². The van der Waals surface area contributed by atoms with Gasteiger partial charge in [-0.1, -0.05) is 129 Å². The number of fused-ring (bicyclic) bond motifs is 3. The van der Waals surface area contributed by atoms with Crippen LogP contribution < -0.4 is 14.8 Å². The van der Waals surface area contributed by atoms with E-state index in [0.29, 0.717) is 6.42 Å². The lowest BCUT2D eigenvalue weighted by Crippen LogP contribution is -2.39. The fraction of sp³-hybridized carbons (Fsp3) is 0.717. The Morgan fingerprint density at radius 3 is 1.64 bits per heavy atom. The molecule has 1 amide bonds. The number of anilines is 1. The molecule has 2 unspecified atom stereocenters. The van der Waals surface area contributed by atoms with Crippen LogP contribution in [0.3, 0.4) is 0 Å². The van der Waals surface area contributed by atoms with E-state index in [2.05, 4.69) is 33.8 Å². The Kier molecular flexibility index (Phi) is 17.4. The summed E-state index contributed by atoms with van der Waals surface area (Å²) in [7, 11) is 0. The van der Waals surface area contributed by atoms with Crippen molar-refractivity contribution in [3.05, 3.63) is 52.6 Å². The molecule has 0 radical (unpaired) electrons. The minimum atomic E-state index is -4.92. The summed E-state index contributed by atoms with van der Waals surface area (Å²) < 4.78 is 52.3. The average Bonchev–Trinajstić information content (AvgIpc) is 3.12. The zero-order valence-electron chi connectivity index (χ0n) is 33.6. The number of carbonyl (C=O) groups is 1. The number of amides is 1. The zero-order valence-corrected chi connectivity index (χ0v) is 33.6. The molecule has 4 rings (SSSR count). The summed E-state index contributed by atoms with van der Waals surface area (Å²) in [6, 6.07) is 8.92. The lowest BCUT2D eigenvalue weighted by atomic mass is 9.81. The minimum Gasteiger partial charge on any atom is -0.487 e. The van der Waals surface area contributed by atoms with Gasteiger partial charge in [0.2, 0.25) is 0 Å². The minimum absolute atomic E-state index is 0.137. The normalized spacial score (nSPS) is 19.6. The van der Waals surface area contributed by atoms with Crippen LogP contribution in [-0.4, -0.2) is 23.3 Å². The van der Waals surface area contributed by atoms with Gasteiger partial charge < -0.3 is 14.8 Å². The summed E-state index contributed by atoms with van der Waals surface area (Å²) in [6.45, 7) is 9.11. The summed E-state index contributed by atoms with van der Waals surface area (Å²) in [5, 5.41) is 1.95. The first kappa shape index (κ1) is 43.0. The quantitative estimate of drug-likeness (QED) is 0.109. The Bertz CT molecular complexity index is 1390. The predicted molar refractivity (Wildman–Crippen MR) is 213 cm³/mol. The number of hydrogen-bond donors (Lipinski definition) is 1. The van der Waals surface area contributed by atoms with Gasteiger partial charge in [0.15, 0.2) is 0 Å². The van der Waals surface area contributed by atoms with Crippen LogP contribution in [-0.2, 0) is 30.5 Å². The van der Waals surface area contributed by atoms with Gasteiger partial charge in [0.25, 0.3) is 0 Å². The number of rotatable bonds is 24. The summed E-state index contributed by atoms with van der Waals surface area (Å²) >= 11 is 0. The highest BCUT2D eigenvalue weighted by atomic mass is 19.4. The van der Waals surface area contributed by atoms with Crippen molar-refractivity contribution in [1.29, 1.82) is 0 Å². The highest BCUT2D eigenvalue weighted by Crippen LogP contribution is 2.47. The molecule has 0 aromatic heterocycles. The van der Waals surface area contributed by atoms with Gasteiger partial charge in [-0.3, -0.25) is 4.79 Å². The molecule has 0 saturated heterocycles. The van der Waals surface area contributed by atoms with E-state index in [0.717, 1.165) is 67.6 Å². The second-order valence-electron chi connectivity index (χ2n) is 16.7. The van der Waals surface area contributed by atoms with E-state index in [1.165, 1.54) is 127 Å². The molecule has 0 aliphatic carbocycles. The molecule has 298 valence electrons. The van der Waals surface area contributed by atoms with E-state index in [-0.39, 0.29) is 16.9 Å². The molecule has 2 aromatic rings. The van der Waals surface area contributed by atoms with Gasteiger partial charge in [0.1, 0.15) is 22.7 Å². The van der Waals surface area contributed by atoms with E-state index in [4.69, 9.17) is 9.47 Å². The SMILES string of the molecule is CCCCCCCCCCCC1(C)CCc2c(cc(CCc3ccc(NC(=O)C(F)(F)F)cc3)c3c2CCC(C)(CCCCCCCCCCC)O3)O1. The zero-order chi connectivity index (χ0) is 38.2. The van der Waals surface area contributed by atoms with E-state index in [1.54, 1.807) is 24.3 Å². The molecule has 0 saturated carbocycles. The highest BCUT2D eigenvalue weighted by Gasteiger charge is 2.39. The Labute approximate surface area is 319 Å². The van der Waals surface area contributed by atoms with Crippen molar-refractivity contribution in [2.45, 2.75) is 212 Å². The van der Waals surface area contributed by atoms with Crippen molar-refractivity contribution < 1.29 is 27.4 Å². The smallest absolute Gasteiger partial charge is 0.471 e. The first-order chi connectivity index (χ1) is 25.5.